The number of benzene rings is 2. The van der Waals surface area contributed by atoms with Crippen molar-refractivity contribution in [2.45, 2.75) is 46.5 Å². The molecule has 0 radical (unpaired) electrons. The first-order valence-electron chi connectivity index (χ1n) is 9.33. The van der Waals surface area contributed by atoms with Gasteiger partial charge in [-0.2, -0.15) is 0 Å². The number of hydrazine groups is 1. The van der Waals surface area contributed by atoms with Crippen LogP contribution in [0.5, 0.6) is 5.75 Å². The van der Waals surface area contributed by atoms with E-state index in [1.54, 1.807) is 24.3 Å². The smallest absolute Gasteiger partial charge is 0.265 e. The number of rotatable bonds is 4. The van der Waals surface area contributed by atoms with Crippen LogP contribution in [0.3, 0.4) is 0 Å². The lowest BCUT2D eigenvalue weighted by atomic mass is 9.71. The topological polar surface area (TPSA) is 106 Å². The molecule has 0 aliphatic rings. The molecule has 0 unspecified atom stereocenters. The summed E-state index contributed by atoms with van der Waals surface area (Å²) in [6.45, 7) is 10.5. The van der Waals surface area contributed by atoms with Crippen molar-refractivity contribution >= 4 is 28.5 Å². The number of fused-ring (bicyclic) bond motifs is 1. The van der Waals surface area contributed by atoms with Crippen LogP contribution >= 0.6 is 11.6 Å². The maximum absolute atomic E-state index is 12.3. The number of nitrogens with zero attached hydrogens (tertiary/aromatic N) is 3. The molecule has 0 saturated heterocycles. The third kappa shape index (κ3) is 4.36. The molecule has 8 heteroatoms. The summed E-state index contributed by atoms with van der Waals surface area (Å²) in [5, 5.41) is 20.5. The number of amides is 1. The van der Waals surface area contributed by atoms with Crippen LogP contribution in [0, 0.1) is 5.41 Å². The lowest BCUT2D eigenvalue weighted by molar-refractivity contribution is 0.0953. The predicted molar refractivity (Wildman–Crippen MR) is 114 cm³/mol. The number of nitrogens with two attached hydrogens (primary N) is 1. The highest BCUT2D eigenvalue weighted by atomic mass is 35.5. The van der Waals surface area contributed by atoms with Gasteiger partial charge in [-0.3, -0.25) is 10.2 Å². The number of aromatic hydroxyl groups is 1. The zero-order chi connectivity index (χ0) is 21.6. The average molecular weight is 416 g/mol. The van der Waals surface area contributed by atoms with E-state index in [9.17, 15) is 9.90 Å². The fourth-order valence-electron chi connectivity index (χ4n) is 3.92. The summed E-state index contributed by atoms with van der Waals surface area (Å²) < 4.78 is 0. The van der Waals surface area contributed by atoms with Crippen molar-refractivity contribution in [3.63, 3.8) is 0 Å². The zero-order valence-electron chi connectivity index (χ0n) is 17.2. The molecule has 3 rings (SSSR count). The lowest BCUT2D eigenvalue weighted by Crippen LogP contribution is -2.31. The van der Waals surface area contributed by atoms with Gasteiger partial charge in [0.15, 0.2) is 0 Å². The molecular formula is C21H26ClN5O2. The fourth-order valence-corrected chi connectivity index (χ4v) is 4.08. The van der Waals surface area contributed by atoms with Crippen molar-refractivity contribution in [2.24, 2.45) is 11.3 Å². The first-order chi connectivity index (χ1) is 13.4. The highest BCUT2D eigenvalue weighted by Crippen LogP contribution is 2.42. The van der Waals surface area contributed by atoms with E-state index in [0.717, 1.165) is 6.42 Å². The average Bonchev–Trinajstić information content (AvgIpc) is 3.01. The quantitative estimate of drug-likeness (QED) is 0.338. The summed E-state index contributed by atoms with van der Waals surface area (Å²) in [4.78, 5) is 13.6. The largest absolute Gasteiger partial charge is 0.505 e. The Morgan fingerprint density at radius 1 is 1.14 bits per heavy atom. The van der Waals surface area contributed by atoms with Crippen LogP contribution in [-0.2, 0) is 5.41 Å². The number of nitrogens with one attached hydrogen (secondary N) is 1. The van der Waals surface area contributed by atoms with Crippen molar-refractivity contribution < 1.29 is 9.90 Å². The molecule has 1 heterocycles. The highest BCUT2D eigenvalue weighted by molar-refractivity contribution is 6.31. The standard InChI is InChI=1S/C21H26ClN5O2/c1-20(2,3)11-21(4,5)14-8-12(19(29)24-23)9-17(18(14)28)27-25-15-7-6-13(22)10-16(15)26-27/h6-10,28H,11,23H2,1-5H3,(H,24,29). The van der Waals surface area contributed by atoms with Crippen LogP contribution in [0.1, 0.15) is 57.0 Å². The Morgan fingerprint density at radius 3 is 2.41 bits per heavy atom. The normalized spacial score (nSPS) is 12.4. The molecule has 3 aromatic rings. The molecule has 1 aromatic heterocycles. The van der Waals surface area contributed by atoms with E-state index in [1.165, 1.54) is 10.9 Å². The van der Waals surface area contributed by atoms with Gasteiger partial charge in [-0.1, -0.05) is 46.2 Å². The number of aromatic nitrogens is 3. The Hall–Kier alpha value is -2.64. The Kier molecular flexibility index (Phi) is 5.32. The summed E-state index contributed by atoms with van der Waals surface area (Å²) in [6, 6.07) is 8.36. The van der Waals surface area contributed by atoms with Gasteiger partial charge >= 0.3 is 0 Å². The van der Waals surface area contributed by atoms with Crippen LogP contribution in [0.25, 0.3) is 16.7 Å². The number of carbonyl (C=O) groups is 1. The molecule has 2 aromatic carbocycles. The Balaban J connectivity index is 2.24. The van der Waals surface area contributed by atoms with Gasteiger partial charge in [-0.25, -0.2) is 5.84 Å². The van der Waals surface area contributed by atoms with Gasteiger partial charge in [0.25, 0.3) is 5.91 Å². The van der Waals surface area contributed by atoms with E-state index >= 15 is 0 Å². The third-order valence-electron chi connectivity index (χ3n) is 4.74. The minimum atomic E-state index is -0.459. The number of hydrogen-bond donors (Lipinski definition) is 3. The van der Waals surface area contributed by atoms with Crippen molar-refractivity contribution in [1.82, 2.24) is 20.4 Å². The minimum Gasteiger partial charge on any atom is -0.505 e. The van der Waals surface area contributed by atoms with Gasteiger partial charge in [0, 0.05) is 16.1 Å². The monoisotopic (exact) mass is 415 g/mol. The summed E-state index contributed by atoms with van der Waals surface area (Å²) in [6.07, 6.45) is 0.783. The molecule has 0 saturated carbocycles. The van der Waals surface area contributed by atoms with Gasteiger partial charge in [0.2, 0.25) is 0 Å². The molecule has 0 spiro atoms. The Labute approximate surface area is 174 Å². The lowest BCUT2D eigenvalue weighted by Gasteiger charge is -2.34. The van der Waals surface area contributed by atoms with Gasteiger partial charge < -0.3 is 5.11 Å². The molecule has 0 bridgehead atoms. The predicted octanol–water partition coefficient (Wildman–Crippen LogP) is 4.10. The molecule has 0 fully saturated rings. The van der Waals surface area contributed by atoms with Crippen molar-refractivity contribution in [3.05, 3.63) is 46.5 Å². The minimum absolute atomic E-state index is 0.0115. The zero-order valence-corrected chi connectivity index (χ0v) is 18.0. The number of halogens is 1. The van der Waals surface area contributed by atoms with Crippen LogP contribution in [0.4, 0.5) is 0 Å². The van der Waals surface area contributed by atoms with Gasteiger partial charge in [0.1, 0.15) is 22.5 Å². The first-order valence-corrected chi connectivity index (χ1v) is 9.70. The molecule has 0 aliphatic heterocycles. The second-order valence-corrected chi connectivity index (χ2v) is 9.55. The molecule has 0 atom stereocenters. The van der Waals surface area contributed by atoms with Crippen molar-refractivity contribution in [2.75, 3.05) is 0 Å². The number of phenolic OH excluding ortho intramolecular Hbond substituents is 1. The Bertz CT molecular complexity index is 1080. The third-order valence-corrected chi connectivity index (χ3v) is 4.98. The summed E-state index contributed by atoms with van der Waals surface area (Å²) in [5.41, 5.74) is 4.20. The fraction of sp³-hybridized carbons (Fsp3) is 0.381. The first kappa shape index (κ1) is 21.1. The molecule has 154 valence electrons. The van der Waals surface area contributed by atoms with Crippen molar-refractivity contribution in [1.29, 1.82) is 0 Å². The second kappa shape index (κ2) is 7.31. The van der Waals surface area contributed by atoms with Gasteiger partial charge in [-0.15, -0.1) is 15.0 Å². The second-order valence-electron chi connectivity index (χ2n) is 9.11. The summed E-state index contributed by atoms with van der Waals surface area (Å²) >= 11 is 6.04. The molecule has 7 nitrogen and oxygen atoms in total. The molecular weight excluding hydrogens is 390 g/mol. The SMILES string of the molecule is CC(C)(C)CC(C)(C)c1cc(C(=O)NN)cc(-n2nc3ccc(Cl)cc3n2)c1O. The maximum atomic E-state index is 12.3. The van der Waals surface area contributed by atoms with Gasteiger partial charge in [0.05, 0.1) is 0 Å². The van der Waals surface area contributed by atoms with Crippen molar-refractivity contribution in [3.8, 4) is 11.4 Å². The van der Waals surface area contributed by atoms with Crippen LogP contribution in [-0.4, -0.2) is 26.0 Å². The molecule has 1 amide bonds. The van der Waals surface area contributed by atoms with E-state index in [0.29, 0.717) is 32.9 Å². The van der Waals surface area contributed by atoms with Gasteiger partial charge in [-0.05, 0) is 47.6 Å². The number of nitrogen functional groups attached to an aromatic ring is 1. The highest BCUT2D eigenvalue weighted by Gasteiger charge is 2.32. The number of carbonyl (C=O) groups excluding carboxylic acids is 1. The van der Waals surface area contributed by atoms with E-state index in [-0.39, 0.29) is 11.2 Å². The van der Waals surface area contributed by atoms with E-state index < -0.39 is 11.3 Å². The van der Waals surface area contributed by atoms with Crippen LogP contribution in [0.15, 0.2) is 30.3 Å². The Morgan fingerprint density at radius 2 is 1.79 bits per heavy atom. The summed E-state index contributed by atoms with van der Waals surface area (Å²) in [5.74, 6) is 4.92. The number of hydrogen-bond acceptors (Lipinski definition) is 5. The molecule has 0 aliphatic carbocycles. The molecule has 4 N–H and O–H groups in total. The van der Waals surface area contributed by atoms with Crippen LogP contribution < -0.4 is 11.3 Å². The van der Waals surface area contributed by atoms with E-state index in [1.807, 2.05) is 13.8 Å². The number of phenols is 1. The maximum Gasteiger partial charge on any atom is 0.265 e. The van der Waals surface area contributed by atoms with E-state index in [4.69, 9.17) is 17.4 Å². The summed E-state index contributed by atoms with van der Waals surface area (Å²) in [7, 11) is 0. The van der Waals surface area contributed by atoms with Crippen LogP contribution in [0.2, 0.25) is 5.02 Å². The van der Waals surface area contributed by atoms with E-state index in [2.05, 4.69) is 36.4 Å². The molecule has 29 heavy (non-hydrogen) atoms.